The number of nitrogens with zero attached hydrogens (tertiary/aromatic N) is 2. The molecule has 4 heteroatoms. The molecule has 1 aromatic carbocycles. The van der Waals surface area contributed by atoms with Crippen molar-refractivity contribution in [1.82, 2.24) is 4.90 Å². The van der Waals surface area contributed by atoms with Crippen molar-refractivity contribution in [1.29, 1.82) is 0 Å². The lowest BCUT2D eigenvalue weighted by Gasteiger charge is -2.26. The number of amides is 1. The Bertz CT molecular complexity index is 428. The van der Waals surface area contributed by atoms with E-state index >= 15 is 0 Å². The number of nitrogens with two attached hydrogens (primary N) is 1. The molecule has 118 valence electrons. The molecule has 4 nitrogen and oxygen atoms in total. The first-order valence-corrected chi connectivity index (χ1v) is 7.78. The van der Waals surface area contributed by atoms with Crippen molar-refractivity contribution in [3.63, 3.8) is 0 Å². The highest BCUT2D eigenvalue weighted by Crippen LogP contribution is 2.16. The summed E-state index contributed by atoms with van der Waals surface area (Å²) in [5, 5.41) is 0. The normalized spacial score (nSPS) is 12.0. The van der Waals surface area contributed by atoms with Crippen LogP contribution in [0.5, 0.6) is 0 Å². The van der Waals surface area contributed by atoms with Gasteiger partial charge in [0, 0.05) is 39.4 Å². The molecule has 2 N–H and O–H groups in total. The van der Waals surface area contributed by atoms with E-state index in [2.05, 4.69) is 36.1 Å². The van der Waals surface area contributed by atoms with Crippen LogP contribution in [-0.2, 0) is 11.3 Å². The standard InChI is InChI=1S/C17H29N3O/c1-5-7-15(12-18)17(21)20(6-2)13-14-8-10-16(11-9-14)19(3)4/h8-11,15H,5-7,12-13,18H2,1-4H3. The molecule has 21 heavy (non-hydrogen) atoms. The maximum Gasteiger partial charge on any atom is 0.227 e. The number of rotatable bonds is 8. The minimum Gasteiger partial charge on any atom is -0.378 e. The van der Waals surface area contributed by atoms with Gasteiger partial charge in [-0.2, -0.15) is 0 Å². The van der Waals surface area contributed by atoms with E-state index in [0.717, 1.165) is 18.4 Å². The van der Waals surface area contributed by atoms with Crippen molar-refractivity contribution < 1.29 is 4.79 Å². The van der Waals surface area contributed by atoms with Crippen LogP contribution in [0.4, 0.5) is 5.69 Å². The largest absolute Gasteiger partial charge is 0.378 e. The summed E-state index contributed by atoms with van der Waals surface area (Å²) in [5.41, 5.74) is 8.07. The quantitative estimate of drug-likeness (QED) is 0.800. The molecular weight excluding hydrogens is 262 g/mol. The molecule has 1 amide bonds. The number of benzene rings is 1. The minimum absolute atomic E-state index is 0.0454. The van der Waals surface area contributed by atoms with Gasteiger partial charge in [0.25, 0.3) is 0 Å². The van der Waals surface area contributed by atoms with E-state index in [0.29, 0.717) is 19.6 Å². The SMILES string of the molecule is CCCC(CN)C(=O)N(CC)Cc1ccc(N(C)C)cc1. The average Bonchev–Trinajstić information content (AvgIpc) is 2.50. The van der Waals surface area contributed by atoms with Crippen molar-refractivity contribution in [2.75, 3.05) is 32.1 Å². The van der Waals surface area contributed by atoms with Crippen molar-refractivity contribution in [2.45, 2.75) is 33.2 Å². The fourth-order valence-electron chi connectivity index (χ4n) is 2.41. The summed E-state index contributed by atoms with van der Waals surface area (Å²) in [7, 11) is 4.04. The lowest BCUT2D eigenvalue weighted by molar-refractivity contribution is -0.135. The highest BCUT2D eigenvalue weighted by atomic mass is 16.2. The fraction of sp³-hybridized carbons (Fsp3) is 0.588. The van der Waals surface area contributed by atoms with Crippen LogP contribution < -0.4 is 10.6 Å². The molecular formula is C17H29N3O. The molecule has 0 saturated heterocycles. The van der Waals surface area contributed by atoms with Gasteiger partial charge in [-0.15, -0.1) is 0 Å². The van der Waals surface area contributed by atoms with Crippen molar-refractivity contribution in [3.05, 3.63) is 29.8 Å². The summed E-state index contributed by atoms with van der Waals surface area (Å²) >= 11 is 0. The number of carbonyl (C=O) groups excluding carboxylic acids is 1. The molecule has 0 fully saturated rings. The molecule has 0 aliphatic heterocycles. The van der Waals surface area contributed by atoms with Gasteiger partial charge in [0.2, 0.25) is 5.91 Å². The maximum absolute atomic E-state index is 12.5. The first-order chi connectivity index (χ1) is 10.0. The van der Waals surface area contributed by atoms with E-state index in [1.807, 2.05) is 25.9 Å². The second-order valence-corrected chi connectivity index (χ2v) is 5.63. The van der Waals surface area contributed by atoms with Gasteiger partial charge in [0.15, 0.2) is 0 Å². The molecule has 1 unspecified atom stereocenters. The second kappa shape index (κ2) is 8.67. The van der Waals surface area contributed by atoms with Crippen LogP contribution in [-0.4, -0.2) is 38.0 Å². The Morgan fingerprint density at radius 3 is 2.24 bits per heavy atom. The lowest BCUT2D eigenvalue weighted by Crippen LogP contribution is -2.38. The lowest BCUT2D eigenvalue weighted by atomic mass is 10.0. The van der Waals surface area contributed by atoms with Crippen LogP contribution in [0, 0.1) is 5.92 Å². The Labute approximate surface area is 128 Å². The average molecular weight is 291 g/mol. The molecule has 1 atom stereocenters. The van der Waals surface area contributed by atoms with Crippen molar-refractivity contribution in [3.8, 4) is 0 Å². The summed E-state index contributed by atoms with van der Waals surface area (Å²) in [4.78, 5) is 16.5. The first kappa shape index (κ1) is 17.5. The van der Waals surface area contributed by atoms with Crippen molar-refractivity contribution >= 4 is 11.6 Å². The molecule has 0 spiro atoms. The first-order valence-electron chi connectivity index (χ1n) is 7.78. The van der Waals surface area contributed by atoms with E-state index in [9.17, 15) is 4.79 Å². The van der Waals surface area contributed by atoms with Gasteiger partial charge in [0.05, 0.1) is 5.92 Å². The van der Waals surface area contributed by atoms with Gasteiger partial charge in [-0.1, -0.05) is 25.5 Å². The summed E-state index contributed by atoms with van der Waals surface area (Å²) in [6.45, 7) is 5.91. The van der Waals surface area contributed by atoms with Gasteiger partial charge >= 0.3 is 0 Å². The Balaban J connectivity index is 2.74. The predicted molar refractivity (Wildman–Crippen MR) is 89.3 cm³/mol. The molecule has 0 aromatic heterocycles. The molecule has 0 aliphatic rings. The predicted octanol–water partition coefficient (Wildman–Crippen LogP) is 2.48. The van der Waals surface area contributed by atoms with E-state index in [1.54, 1.807) is 0 Å². The van der Waals surface area contributed by atoms with Gasteiger partial charge in [-0.3, -0.25) is 4.79 Å². The third-order valence-electron chi connectivity index (χ3n) is 3.79. The molecule has 0 heterocycles. The summed E-state index contributed by atoms with van der Waals surface area (Å²) in [6.07, 6.45) is 1.86. The van der Waals surface area contributed by atoms with E-state index in [1.165, 1.54) is 5.69 Å². The third kappa shape index (κ3) is 5.05. The van der Waals surface area contributed by atoms with Gasteiger partial charge in [-0.25, -0.2) is 0 Å². The van der Waals surface area contributed by atoms with E-state index in [-0.39, 0.29) is 11.8 Å². The summed E-state index contributed by atoms with van der Waals surface area (Å²) < 4.78 is 0. The van der Waals surface area contributed by atoms with Crippen LogP contribution in [0.3, 0.4) is 0 Å². The minimum atomic E-state index is -0.0454. The molecule has 0 radical (unpaired) electrons. The van der Waals surface area contributed by atoms with Crippen LogP contribution in [0.2, 0.25) is 0 Å². The highest BCUT2D eigenvalue weighted by Gasteiger charge is 2.21. The third-order valence-corrected chi connectivity index (χ3v) is 3.79. The van der Waals surface area contributed by atoms with Crippen LogP contribution in [0.25, 0.3) is 0 Å². The monoisotopic (exact) mass is 291 g/mol. The van der Waals surface area contributed by atoms with Crippen LogP contribution in [0.1, 0.15) is 32.3 Å². The molecule has 0 bridgehead atoms. The van der Waals surface area contributed by atoms with Crippen molar-refractivity contribution in [2.24, 2.45) is 11.7 Å². The van der Waals surface area contributed by atoms with Crippen LogP contribution >= 0.6 is 0 Å². The summed E-state index contributed by atoms with van der Waals surface area (Å²) in [5.74, 6) is 0.134. The second-order valence-electron chi connectivity index (χ2n) is 5.63. The maximum atomic E-state index is 12.5. The highest BCUT2D eigenvalue weighted by molar-refractivity contribution is 5.79. The zero-order chi connectivity index (χ0) is 15.8. The Morgan fingerprint density at radius 1 is 1.19 bits per heavy atom. The molecule has 1 aromatic rings. The molecule has 1 rings (SSSR count). The van der Waals surface area contributed by atoms with Gasteiger partial charge in [-0.05, 0) is 31.0 Å². The zero-order valence-corrected chi connectivity index (χ0v) is 13.8. The Morgan fingerprint density at radius 2 is 1.81 bits per heavy atom. The number of hydrogen-bond acceptors (Lipinski definition) is 3. The Hall–Kier alpha value is -1.55. The topological polar surface area (TPSA) is 49.6 Å². The number of hydrogen-bond donors (Lipinski definition) is 1. The Kier molecular flexibility index (Phi) is 7.23. The number of carbonyl (C=O) groups is 1. The summed E-state index contributed by atoms with van der Waals surface area (Å²) in [6, 6.07) is 8.34. The van der Waals surface area contributed by atoms with E-state index < -0.39 is 0 Å². The van der Waals surface area contributed by atoms with Crippen LogP contribution in [0.15, 0.2) is 24.3 Å². The number of anilines is 1. The molecule has 0 aliphatic carbocycles. The van der Waals surface area contributed by atoms with Gasteiger partial charge in [0.1, 0.15) is 0 Å². The van der Waals surface area contributed by atoms with E-state index in [4.69, 9.17) is 5.73 Å². The molecule has 0 saturated carbocycles. The smallest absolute Gasteiger partial charge is 0.227 e. The van der Waals surface area contributed by atoms with Gasteiger partial charge < -0.3 is 15.5 Å². The zero-order valence-electron chi connectivity index (χ0n) is 13.8. The fourth-order valence-corrected chi connectivity index (χ4v) is 2.41.